The average Bonchev–Trinajstić information content (AvgIpc) is 3.27. The number of amides is 1. The first kappa shape index (κ1) is 17.4. The lowest BCUT2D eigenvalue weighted by Gasteiger charge is -2.36. The molecule has 1 atom stereocenters. The van der Waals surface area contributed by atoms with Crippen LogP contribution in [0.15, 0.2) is 4.52 Å². The molecule has 1 aliphatic carbocycles. The highest BCUT2D eigenvalue weighted by Gasteiger charge is 2.30. The van der Waals surface area contributed by atoms with Gasteiger partial charge in [-0.15, -0.1) is 0 Å². The molecule has 1 saturated heterocycles. The molecule has 1 saturated carbocycles. The third kappa shape index (κ3) is 4.35. The lowest BCUT2D eigenvalue weighted by molar-refractivity contribution is -0.127. The molecule has 3 rings (SSSR count). The van der Waals surface area contributed by atoms with E-state index in [9.17, 15) is 4.79 Å². The number of nitrogens with zero attached hydrogens (tertiary/aromatic N) is 3. The molecular formula is C18H30N4O2. The van der Waals surface area contributed by atoms with Gasteiger partial charge in [0, 0.05) is 31.5 Å². The quantitative estimate of drug-likeness (QED) is 0.865. The van der Waals surface area contributed by atoms with Crippen molar-refractivity contribution in [2.24, 2.45) is 5.92 Å². The van der Waals surface area contributed by atoms with Crippen molar-refractivity contribution in [3.05, 3.63) is 11.7 Å². The van der Waals surface area contributed by atoms with Crippen molar-refractivity contribution in [2.45, 2.75) is 70.8 Å². The fraction of sp³-hybridized carbons (Fsp3) is 0.833. The zero-order chi connectivity index (χ0) is 16.9. The summed E-state index contributed by atoms with van der Waals surface area (Å²) < 4.78 is 5.22. The second-order valence-electron chi connectivity index (χ2n) is 7.51. The highest BCUT2D eigenvalue weighted by Crippen LogP contribution is 2.27. The van der Waals surface area contributed by atoms with Crippen molar-refractivity contribution in [2.75, 3.05) is 19.6 Å². The molecule has 0 bridgehead atoms. The lowest BCUT2D eigenvalue weighted by atomic mass is 9.95. The second-order valence-corrected chi connectivity index (χ2v) is 7.51. The van der Waals surface area contributed by atoms with Crippen molar-refractivity contribution in [1.29, 1.82) is 0 Å². The standard InChI is InChI=1S/C18H30N4O2/c1-13(2)17-20-16(24-21-17)9-10-19-18(23)14-6-5-11-22(12-14)15-7-3-4-8-15/h13-15H,3-12H2,1-2H3,(H,19,23)/t14-/m0/s1. The first-order valence-electron chi connectivity index (χ1n) is 9.47. The summed E-state index contributed by atoms with van der Waals surface area (Å²) in [5, 5.41) is 7.01. The fourth-order valence-corrected chi connectivity index (χ4v) is 3.86. The van der Waals surface area contributed by atoms with Gasteiger partial charge in [0.15, 0.2) is 5.82 Å². The summed E-state index contributed by atoms with van der Waals surface area (Å²) in [6.07, 6.45) is 8.06. The number of nitrogens with one attached hydrogen (secondary N) is 1. The van der Waals surface area contributed by atoms with Gasteiger partial charge in [0.25, 0.3) is 0 Å². The van der Waals surface area contributed by atoms with Crippen LogP contribution < -0.4 is 5.32 Å². The van der Waals surface area contributed by atoms with E-state index in [-0.39, 0.29) is 17.7 Å². The van der Waals surface area contributed by atoms with Crippen LogP contribution in [0.2, 0.25) is 0 Å². The molecule has 6 nitrogen and oxygen atoms in total. The maximum Gasteiger partial charge on any atom is 0.228 e. The predicted octanol–water partition coefficient (Wildman–Crippen LogP) is 2.51. The lowest BCUT2D eigenvalue weighted by Crippen LogP contribution is -2.46. The fourth-order valence-electron chi connectivity index (χ4n) is 3.86. The molecule has 2 fully saturated rings. The number of piperidine rings is 1. The van der Waals surface area contributed by atoms with E-state index in [1.807, 2.05) is 13.8 Å². The number of rotatable bonds is 6. The largest absolute Gasteiger partial charge is 0.355 e. The summed E-state index contributed by atoms with van der Waals surface area (Å²) in [5.74, 6) is 1.92. The van der Waals surface area contributed by atoms with Gasteiger partial charge in [0.05, 0.1) is 5.92 Å². The molecule has 1 aromatic heterocycles. The maximum absolute atomic E-state index is 12.5. The third-order valence-electron chi connectivity index (χ3n) is 5.30. The first-order valence-corrected chi connectivity index (χ1v) is 9.47. The molecule has 0 spiro atoms. The van der Waals surface area contributed by atoms with E-state index in [0.717, 1.165) is 31.8 Å². The van der Waals surface area contributed by atoms with E-state index in [0.29, 0.717) is 24.9 Å². The van der Waals surface area contributed by atoms with Crippen LogP contribution in [0.4, 0.5) is 0 Å². The second kappa shape index (κ2) is 8.10. The van der Waals surface area contributed by atoms with E-state index in [2.05, 4.69) is 20.4 Å². The molecule has 2 heterocycles. The van der Waals surface area contributed by atoms with Crippen molar-refractivity contribution in [3.8, 4) is 0 Å². The Bertz CT molecular complexity index is 537. The van der Waals surface area contributed by atoms with Gasteiger partial charge in [-0.1, -0.05) is 31.8 Å². The Morgan fingerprint density at radius 3 is 2.79 bits per heavy atom. The molecular weight excluding hydrogens is 304 g/mol. The highest BCUT2D eigenvalue weighted by atomic mass is 16.5. The molecule has 1 aliphatic heterocycles. The zero-order valence-corrected chi connectivity index (χ0v) is 15.0. The minimum Gasteiger partial charge on any atom is -0.355 e. The van der Waals surface area contributed by atoms with Crippen LogP contribution >= 0.6 is 0 Å². The summed E-state index contributed by atoms with van der Waals surface area (Å²) in [5.41, 5.74) is 0. The Morgan fingerprint density at radius 1 is 1.29 bits per heavy atom. The van der Waals surface area contributed by atoms with E-state index < -0.39 is 0 Å². The van der Waals surface area contributed by atoms with Crippen molar-refractivity contribution < 1.29 is 9.32 Å². The minimum absolute atomic E-state index is 0.133. The number of hydrogen-bond donors (Lipinski definition) is 1. The molecule has 134 valence electrons. The van der Waals surface area contributed by atoms with Crippen molar-refractivity contribution >= 4 is 5.91 Å². The number of likely N-dealkylation sites (tertiary alicyclic amines) is 1. The Morgan fingerprint density at radius 2 is 2.08 bits per heavy atom. The van der Waals surface area contributed by atoms with Gasteiger partial charge in [0.1, 0.15) is 0 Å². The van der Waals surface area contributed by atoms with E-state index >= 15 is 0 Å². The predicted molar refractivity (Wildman–Crippen MR) is 91.7 cm³/mol. The Hall–Kier alpha value is -1.43. The molecule has 1 amide bonds. The van der Waals surface area contributed by atoms with Crippen LogP contribution in [-0.2, 0) is 11.2 Å². The van der Waals surface area contributed by atoms with Crippen molar-refractivity contribution in [1.82, 2.24) is 20.4 Å². The summed E-state index contributed by atoms with van der Waals surface area (Å²) >= 11 is 0. The third-order valence-corrected chi connectivity index (χ3v) is 5.30. The molecule has 0 radical (unpaired) electrons. The summed E-state index contributed by atoms with van der Waals surface area (Å²) in [6.45, 7) is 6.73. The topological polar surface area (TPSA) is 71.3 Å². The Labute approximate surface area is 144 Å². The normalized spacial score (nSPS) is 23.0. The van der Waals surface area contributed by atoms with Crippen LogP contribution in [0.3, 0.4) is 0 Å². The van der Waals surface area contributed by atoms with Gasteiger partial charge in [-0.2, -0.15) is 4.98 Å². The minimum atomic E-state index is 0.133. The van der Waals surface area contributed by atoms with E-state index in [4.69, 9.17) is 4.52 Å². The van der Waals surface area contributed by atoms with Gasteiger partial charge >= 0.3 is 0 Å². The summed E-state index contributed by atoms with van der Waals surface area (Å²) in [4.78, 5) is 19.4. The van der Waals surface area contributed by atoms with Crippen molar-refractivity contribution in [3.63, 3.8) is 0 Å². The molecule has 1 N–H and O–H groups in total. The van der Waals surface area contributed by atoms with E-state index in [1.54, 1.807) is 0 Å². The number of aromatic nitrogens is 2. The van der Waals surface area contributed by atoms with E-state index in [1.165, 1.54) is 25.7 Å². The van der Waals surface area contributed by atoms with Crippen LogP contribution in [0.5, 0.6) is 0 Å². The molecule has 0 unspecified atom stereocenters. The average molecular weight is 334 g/mol. The molecule has 24 heavy (non-hydrogen) atoms. The van der Waals surface area contributed by atoms with Crippen LogP contribution in [0.25, 0.3) is 0 Å². The van der Waals surface area contributed by atoms with Gasteiger partial charge < -0.3 is 9.84 Å². The number of carbonyl (C=O) groups excluding carboxylic acids is 1. The summed E-state index contributed by atoms with van der Waals surface area (Å²) in [7, 11) is 0. The van der Waals surface area contributed by atoms with Gasteiger partial charge in [-0.25, -0.2) is 0 Å². The Balaban J connectivity index is 1.42. The number of carbonyl (C=O) groups is 1. The zero-order valence-electron chi connectivity index (χ0n) is 15.0. The smallest absolute Gasteiger partial charge is 0.228 e. The molecule has 6 heteroatoms. The Kier molecular flexibility index (Phi) is 5.87. The summed E-state index contributed by atoms with van der Waals surface area (Å²) in [6, 6.07) is 0.716. The first-order chi connectivity index (χ1) is 11.6. The maximum atomic E-state index is 12.5. The molecule has 0 aromatic carbocycles. The molecule has 1 aromatic rings. The molecule has 2 aliphatic rings. The number of hydrogen-bond acceptors (Lipinski definition) is 5. The highest BCUT2D eigenvalue weighted by molar-refractivity contribution is 5.78. The van der Waals surface area contributed by atoms with Crippen LogP contribution in [-0.4, -0.2) is 46.6 Å². The SMILES string of the molecule is CC(C)c1noc(CCNC(=O)[C@H]2CCCN(C3CCCC3)C2)n1. The monoisotopic (exact) mass is 334 g/mol. The van der Waals surface area contributed by atoms with Gasteiger partial charge in [-0.3, -0.25) is 9.69 Å². The van der Waals surface area contributed by atoms with Gasteiger partial charge in [-0.05, 0) is 32.2 Å². The van der Waals surface area contributed by atoms with Crippen LogP contribution in [0.1, 0.15) is 70.0 Å². The van der Waals surface area contributed by atoms with Gasteiger partial charge in [0.2, 0.25) is 11.8 Å². The van der Waals surface area contributed by atoms with Crippen LogP contribution in [0, 0.1) is 5.92 Å².